The molecule has 6 heteroatoms. The molecule has 0 spiro atoms. The number of hydrogen-bond acceptors (Lipinski definition) is 5. The lowest BCUT2D eigenvalue weighted by molar-refractivity contribution is -0.137. The van der Waals surface area contributed by atoms with Crippen LogP contribution in [0, 0.1) is 0 Å². The van der Waals surface area contributed by atoms with Crippen molar-refractivity contribution >= 4 is 11.7 Å². The standard InChI is InChI=1S/C11H11N3O3/c1-7(11(15)16)13-9-4-2-3-8(5-9)10-14-12-6-17-10/h2-7,13H,1H3,(H,15,16). The van der Waals surface area contributed by atoms with Gasteiger partial charge in [0.25, 0.3) is 0 Å². The fourth-order valence-corrected chi connectivity index (χ4v) is 1.35. The van der Waals surface area contributed by atoms with Gasteiger partial charge in [0.2, 0.25) is 12.3 Å². The largest absolute Gasteiger partial charge is 0.480 e. The molecule has 0 aliphatic heterocycles. The van der Waals surface area contributed by atoms with Crippen LogP contribution in [0.2, 0.25) is 0 Å². The van der Waals surface area contributed by atoms with Crippen LogP contribution in [0.1, 0.15) is 6.92 Å². The minimum atomic E-state index is -0.909. The second-order valence-corrected chi connectivity index (χ2v) is 3.53. The number of aliphatic carboxylic acids is 1. The molecule has 1 atom stereocenters. The zero-order valence-corrected chi connectivity index (χ0v) is 9.12. The van der Waals surface area contributed by atoms with Gasteiger partial charge in [-0.25, -0.2) is 0 Å². The Balaban J connectivity index is 2.20. The van der Waals surface area contributed by atoms with Crippen LogP contribution in [0.15, 0.2) is 35.1 Å². The third kappa shape index (κ3) is 2.60. The van der Waals surface area contributed by atoms with E-state index in [1.807, 2.05) is 6.07 Å². The number of nitrogens with zero attached hydrogens (tertiary/aromatic N) is 2. The van der Waals surface area contributed by atoms with Crippen molar-refractivity contribution in [3.8, 4) is 11.5 Å². The van der Waals surface area contributed by atoms with Gasteiger partial charge in [-0.15, -0.1) is 10.2 Å². The maximum atomic E-state index is 10.7. The Bertz CT molecular complexity index is 510. The SMILES string of the molecule is CC(Nc1cccc(-c2nnco2)c1)C(=O)O. The van der Waals surface area contributed by atoms with E-state index in [0.29, 0.717) is 11.6 Å². The molecule has 0 saturated heterocycles. The van der Waals surface area contributed by atoms with Gasteiger partial charge in [-0.1, -0.05) is 6.07 Å². The number of rotatable bonds is 4. The summed E-state index contributed by atoms with van der Waals surface area (Å²) in [4.78, 5) is 10.7. The monoisotopic (exact) mass is 233 g/mol. The van der Waals surface area contributed by atoms with Crippen LogP contribution >= 0.6 is 0 Å². The van der Waals surface area contributed by atoms with Gasteiger partial charge in [-0.3, -0.25) is 4.79 Å². The number of carboxylic acids is 1. The summed E-state index contributed by atoms with van der Waals surface area (Å²) in [6.45, 7) is 1.57. The lowest BCUT2D eigenvalue weighted by atomic mass is 10.2. The highest BCUT2D eigenvalue weighted by atomic mass is 16.4. The van der Waals surface area contributed by atoms with Gasteiger partial charge in [0, 0.05) is 11.3 Å². The van der Waals surface area contributed by atoms with E-state index >= 15 is 0 Å². The van der Waals surface area contributed by atoms with Crippen molar-refractivity contribution in [2.75, 3.05) is 5.32 Å². The predicted octanol–water partition coefficient (Wildman–Crippen LogP) is 1.62. The smallest absolute Gasteiger partial charge is 0.325 e. The first-order chi connectivity index (χ1) is 8.16. The minimum Gasteiger partial charge on any atom is -0.480 e. The summed E-state index contributed by atoms with van der Waals surface area (Å²) >= 11 is 0. The molecule has 0 fully saturated rings. The molecule has 0 amide bonds. The van der Waals surface area contributed by atoms with Crippen LogP contribution in [0.4, 0.5) is 5.69 Å². The second kappa shape index (κ2) is 4.65. The highest BCUT2D eigenvalue weighted by Gasteiger charge is 2.11. The Morgan fingerprint density at radius 1 is 1.53 bits per heavy atom. The van der Waals surface area contributed by atoms with Crippen molar-refractivity contribution in [1.29, 1.82) is 0 Å². The summed E-state index contributed by atoms with van der Waals surface area (Å²) in [5, 5.41) is 19.0. The molecule has 1 unspecified atom stereocenters. The van der Waals surface area contributed by atoms with Gasteiger partial charge in [-0.05, 0) is 25.1 Å². The molecule has 2 N–H and O–H groups in total. The second-order valence-electron chi connectivity index (χ2n) is 3.53. The number of carbonyl (C=O) groups is 1. The fraction of sp³-hybridized carbons (Fsp3) is 0.182. The Labute approximate surface area is 97.3 Å². The topological polar surface area (TPSA) is 88.3 Å². The van der Waals surface area contributed by atoms with Gasteiger partial charge in [0.15, 0.2) is 0 Å². The first-order valence-corrected chi connectivity index (χ1v) is 5.03. The first kappa shape index (κ1) is 11.1. The average molecular weight is 233 g/mol. The Morgan fingerprint density at radius 3 is 3.00 bits per heavy atom. The van der Waals surface area contributed by atoms with Crippen LogP contribution in [-0.2, 0) is 4.79 Å². The van der Waals surface area contributed by atoms with Gasteiger partial charge in [0.1, 0.15) is 6.04 Å². The molecule has 0 bridgehead atoms. The molecule has 6 nitrogen and oxygen atoms in total. The van der Waals surface area contributed by atoms with Crippen LogP contribution in [0.3, 0.4) is 0 Å². The van der Waals surface area contributed by atoms with Gasteiger partial charge >= 0.3 is 5.97 Å². The van der Waals surface area contributed by atoms with E-state index in [1.54, 1.807) is 25.1 Å². The Morgan fingerprint density at radius 2 is 2.35 bits per heavy atom. The Kier molecular flexibility index (Phi) is 3.04. The molecule has 0 aliphatic rings. The van der Waals surface area contributed by atoms with Gasteiger partial charge in [-0.2, -0.15) is 0 Å². The molecule has 1 aromatic heterocycles. The lowest BCUT2D eigenvalue weighted by Crippen LogP contribution is -2.25. The van der Waals surface area contributed by atoms with Crippen molar-refractivity contribution in [3.05, 3.63) is 30.7 Å². The third-order valence-electron chi connectivity index (χ3n) is 2.22. The number of aromatic nitrogens is 2. The molecule has 88 valence electrons. The molecule has 1 aromatic carbocycles. The quantitative estimate of drug-likeness (QED) is 0.834. The van der Waals surface area contributed by atoms with E-state index in [9.17, 15) is 4.79 Å². The molecular weight excluding hydrogens is 222 g/mol. The van der Waals surface area contributed by atoms with Crippen LogP contribution < -0.4 is 5.32 Å². The number of carboxylic acid groups (broad SMARTS) is 1. The minimum absolute atomic E-state index is 0.400. The summed E-state index contributed by atoms with van der Waals surface area (Å²) in [5.41, 5.74) is 1.43. The van der Waals surface area contributed by atoms with Crippen LogP contribution in [0.25, 0.3) is 11.5 Å². The van der Waals surface area contributed by atoms with Crippen LogP contribution in [0.5, 0.6) is 0 Å². The number of hydrogen-bond donors (Lipinski definition) is 2. The summed E-state index contributed by atoms with van der Waals surface area (Å²) in [7, 11) is 0. The molecule has 17 heavy (non-hydrogen) atoms. The molecule has 2 aromatic rings. The highest BCUT2D eigenvalue weighted by molar-refractivity contribution is 5.77. The summed E-state index contributed by atoms with van der Waals surface area (Å²) in [5.74, 6) is -0.509. The zero-order valence-electron chi connectivity index (χ0n) is 9.12. The normalized spacial score (nSPS) is 12.1. The summed E-state index contributed by atoms with van der Waals surface area (Å²) in [6, 6.07) is 6.47. The summed E-state index contributed by atoms with van der Waals surface area (Å²) < 4.78 is 5.06. The number of nitrogens with one attached hydrogen (secondary N) is 1. The van der Waals surface area contributed by atoms with Crippen molar-refractivity contribution in [2.45, 2.75) is 13.0 Å². The maximum absolute atomic E-state index is 10.7. The van der Waals surface area contributed by atoms with Crippen molar-refractivity contribution in [2.24, 2.45) is 0 Å². The van der Waals surface area contributed by atoms with Gasteiger partial charge in [0.05, 0.1) is 0 Å². The highest BCUT2D eigenvalue weighted by Crippen LogP contribution is 2.20. The maximum Gasteiger partial charge on any atom is 0.325 e. The van der Waals surface area contributed by atoms with E-state index in [4.69, 9.17) is 9.52 Å². The molecule has 0 radical (unpaired) electrons. The zero-order chi connectivity index (χ0) is 12.3. The molecular formula is C11H11N3O3. The van der Waals surface area contributed by atoms with Crippen molar-refractivity contribution in [1.82, 2.24) is 10.2 Å². The van der Waals surface area contributed by atoms with Crippen LogP contribution in [-0.4, -0.2) is 27.3 Å². The molecule has 2 rings (SSSR count). The first-order valence-electron chi connectivity index (χ1n) is 5.03. The van der Waals surface area contributed by atoms with Crippen molar-refractivity contribution < 1.29 is 14.3 Å². The average Bonchev–Trinajstić information content (AvgIpc) is 2.82. The number of anilines is 1. The van der Waals surface area contributed by atoms with E-state index in [2.05, 4.69) is 15.5 Å². The lowest BCUT2D eigenvalue weighted by Gasteiger charge is -2.10. The predicted molar refractivity (Wildman–Crippen MR) is 60.5 cm³/mol. The van der Waals surface area contributed by atoms with E-state index in [-0.39, 0.29) is 0 Å². The summed E-state index contributed by atoms with van der Waals surface area (Å²) in [6.07, 6.45) is 1.25. The number of benzene rings is 1. The molecule has 0 aliphatic carbocycles. The Hall–Kier alpha value is -2.37. The molecule has 0 saturated carbocycles. The van der Waals surface area contributed by atoms with Crippen molar-refractivity contribution in [3.63, 3.8) is 0 Å². The van der Waals surface area contributed by atoms with E-state index < -0.39 is 12.0 Å². The molecule has 1 heterocycles. The van der Waals surface area contributed by atoms with E-state index in [1.165, 1.54) is 6.39 Å². The van der Waals surface area contributed by atoms with Gasteiger partial charge < -0.3 is 14.8 Å². The van der Waals surface area contributed by atoms with E-state index in [0.717, 1.165) is 5.56 Å². The third-order valence-corrected chi connectivity index (χ3v) is 2.22. The fourth-order valence-electron chi connectivity index (χ4n) is 1.35.